The zero-order valence-electron chi connectivity index (χ0n) is 11.4. The fraction of sp³-hybridized carbons (Fsp3) is 0.500. The molecule has 1 atom stereocenters. The maximum atomic E-state index is 5.23. The normalized spacial score (nSPS) is 12.9. The van der Waals surface area contributed by atoms with Gasteiger partial charge in [0, 0.05) is 6.04 Å². The number of methoxy groups -OCH3 is 1. The Morgan fingerprint density at radius 2 is 2.17 bits per heavy atom. The number of thiazole rings is 1. The number of hydrogen-bond acceptors (Lipinski definition) is 4. The quantitative estimate of drug-likeness (QED) is 0.880. The van der Waals surface area contributed by atoms with Crippen molar-refractivity contribution in [2.75, 3.05) is 12.4 Å². The van der Waals surface area contributed by atoms with E-state index in [4.69, 9.17) is 4.74 Å². The molecule has 0 spiro atoms. The summed E-state index contributed by atoms with van der Waals surface area (Å²) in [5, 5.41) is 4.52. The average Bonchev–Trinajstić information content (AvgIpc) is 2.76. The van der Waals surface area contributed by atoms with Crippen molar-refractivity contribution in [3.05, 3.63) is 18.2 Å². The van der Waals surface area contributed by atoms with Crippen LogP contribution in [-0.4, -0.2) is 18.1 Å². The average molecular weight is 264 g/mol. The largest absolute Gasteiger partial charge is 0.497 e. The van der Waals surface area contributed by atoms with Crippen LogP contribution in [0.2, 0.25) is 0 Å². The molecule has 98 valence electrons. The predicted molar refractivity (Wildman–Crippen MR) is 78.7 cm³/mol. The number of fused-ring (bicyclic) bond motifs is 1. The summed E-state index contributed by atoms with van der Waals surface area (Å²) >= 11 is 1.69. The smallest absolute Gasteiger partial charge is 0.184 e. The van der Waals surface area contributed by atoms with Crippen molar-refractivity contribution >= 4 is 26.7 Å². The minimum Gasteiger partial charge on any atom is -0.497 e. The van der Waals surface area contributed by atoms with Crippen LogP contribution < -0.4 is 10.1 Å². The molecule has 1 aromatic carbocycles. The van der Waals surface area contributed by atoms with E-state index in [1.165, 1.54) is 0 Å². The van der Waals surface area contributed by atoms with Crippen LogP contribution in [0.25, 0.3) is 10.2 Å². The molecule has 1 heterocycles. The Labute approximate surface area is 112 Å². The maximum Gasteiger partial charge on any atom is 0.184 e. The van der Waals surface area contributed by atoms with Crippen molar-refractivity contribution < 1.29 is 4.74 Å². The van der Waals surface area contributed by atoms with Crippen molar-refractivity contribution in [1.29, 1.82) is 0 Å². The van der Waals surface area contributed by atoms with Crippen LogP contribution in [0.15, 0.2) is 18.2 Å². The Balaban J connectivity index is 2.24. The molecule has 0 aliphatic carbocycles. The van der Waals surface area contributed by atoms with Gasteiger partial charge in [-0.2, -0.15) is 0 Å². The molecule has 1 unspecified atom stereocenters. The lowest BCUT2D eigenvalue weighted by atomic mass is 10.0. The second-order valence-corrected chi connectivity index (χ2v) is 5.79. The fourth-order valence-electron chi connectivity index (χ4n) is 1.99. The van der Waals surface area contributed by atoms with Crippen molar-refractivity contribution in [2.24, 2.45) is 5.92 Å². The van der Waals surface area contributed by atoms with Crippen LogP contribution >= 0.6 is 11.3 Å². The van der Waals surface area contributed by atoms with Gasteiger partial charge in [0.1, 0.15) is 5.75 Å². The molecule has 0 aliphatic heterocycles. The van der Waals surface area contributed by atoms with Crippen LogP contribution in [-0.2, 0) is 0 Å². The number of benzene rings is 1. The Hall–Kier alpha value is -1.29. The van der Waals surface area contributed by atoms with E-state index >= 15 is 0 Å². The van der Waals surface area contributed by atoms with E-state index in [1.54, 1.807) is 18.4 Å². The molecular formula is C14H20N2OS. The van der Waals surface area contributed by atoms with Crippen molar-refractivity contribution in [1.82, 2.24) is 4.98 Å². The molecule has 3 nitrogen and oxygen atoms in total. The van der Waals surface area contributed by atoms with Crippen LogP contribution in [0.1, 0.15) is 27.2 Å². The molecule has 0 amide bonds. The van der Waals surface area contributed by atoms with Gasteiger partial charge in [-0.1, -0.05) is 32.1 Å². The van der Waals surface area contributed by atoms with Gasteiger partial charge in [-0.25, -0.2) is 4.98 Å². The molecule has 0 radical (unpaired) electrons. The third-order valence-electron chi connectivity index (χ3n) is 3.15. The Kier molecular flexibility index (Phi) is 4.07. The first-order chi connectivity index (χ1) is 8.63. The Morgan fingerprint density at radius 3 is 2.78 bits per heavy atom. The van der Waals surface area contributed by atoms with Gasteiger partial charge >= 0.3 is 0 Å². The number of aromatic nitrogens is 1. The molecule has 1 N–H and O–H groups in total. The van der Waals surface area contributed by atoms with Gasteiger partial charge in [0.25, 0.3) is 0 Å². The second kappa shape index (κ2) is 5.57. The molecule has 2 aromatic rings. The lowest BCUT2D eigenvalue weighted by Crippen LogP contribution is -2.24. The summed E-state index contributed by atoms with van der Waals surface area (Å²) in [6.45, 7) is 6.67. The molecule has 0 saturated carbocycles. The number of rotatable bonds is 5. The molecule has 18 heavy (non-hydrogen) atoms. The van der Waals surface area contributed by atoms with Crippen LogP contribution in [0, 0.1) is 5.92 Å². The van der Waals surface area contributed by atoms with Crippen molar-refractivity contribution in [3.8, 4) is 5.75 Å². The first kappa shape index (κ1) is 13.1. The van der Waals surface area contributed by atoms with Gasteiger partial charge in [-0.3, -0.25) is 0 Å². The van der Waals surface area contributed by atoms with Gasteiger partial charge < -0.3 is 10.1 Å². The van der Waals surface area contributed by atoms with E-state index in [2.05, 4.69) is 31.1 Å². The maximum absolute atomic E-state index is 5.23. The highest BCUT2D eigenvalue weighted by atomic mass is 32.1. The van der Waals surface area contributed by atoms with E-state index in [0.717, 1.165) is 27.5 Å². The van der Waals surface area contributed by atoms with Crippen LogP contribution in [0.3, 0.4) is 0 Å². The standard InChI is InChI=1S/C14H20N2OS/c1-5-11(9(2)3)15-14-16-12-7-6-10(17-4)8-13(12)18-14/h6-9,11H,5H2,1-4H3,(H,15,16). The molecule has 4 heteroatoms. The molecular weight excluding hydrogens is 244 g/mol. The van der Waals surface area contributed by atoms with Gasteiger partial charge in [0.05, 0.1) is 17.3 Å². The zero-order chi connectivity index (χ0) is 13.1. The van der Waals surface area contributed by atoms with Gasteiger partial charge in [-0.15, -0.1) is 0 Å². The van der Waals surface area contributed by atoms with Gasteiger partial charge in [-0.05, 0) is 30.5 Å². The molecule has 0 fully saturated rings. The number of nitrogens with zero attached hydrogens (tertiary/aromatic N) is 1. The Bertz CT molecular complexity index is 521. The molecule has 2 rings (SSSR count). The van der Waals surface area contributed by atoms with Crippen molar-refractivity contribution in [2.45, 2.75) is 33.2 Å². The topological polar surface area (TPSA) is 34.2 Å². The number of anilines is 1. The summed E-state index contributed by atoms with van der Waals surface area (Å²) in [6, 6.07) is 6.47. The van der Waals surface area contributed by atoms with E-state index in [-0.39, 0.29) is 0 Å². The number of nitrogens with one attached hydrogen (secondary N) is 1. The highest BCUT2D eigenvalue weighted by molar-refractivity contribution is 7.22. The molecule has 0 aliphatic rings. The second-order valence-electron chi connectivity index (χ2n) is 4.76. The van der Waals surface area contributed by atoms with Gasteiger partial charge in [0.2, 0.25) is 0 Å². The minimum atomic E-state index is 0.479. The van der Waals surface area contributed by atoms with Crippen LogP contribution in [0.4, 0.5) is 5.13 Å². The highest BCUT2D eigenvalue weighted by Gasteiger charge is 2.13. The Morgan fingerprint density at radius 1 is 1.39 bits per heavy atom. The van der Waals surface area contributed by atoms with E-state index < -0.39 is 0 Å². The summed E-state index contributed by atoms with van der Waals surface area (Å²) < 4.78 is 6.39. The predicted octanol–water partition coefficient (Wildman–Crippen LogP) is 4.15. The summed E-state index contributed by atoms with van der Waals surface area (Å²) in [5.41, 5.74) is 1.03. The SMILES string of the molecule is CCC(Nc1nc2ccc(OC)cc2s1)C(C)C. The third-order valence-corrected chi connectivity index (χ3v) is 4.10. The summed E-state index contributed by atoms with van der Waals surface area (Å²) in [5.74, 6) is 1.49. The first-order valence-electron chi connectivity index (χ1n) is 6.35. The first-order valence-corrected chi connectivity index (χ1v) is 7.16. The minimum absolute atomic E-state index is 0.479. The number of hydrogen-bond donors (Lipinski definition) is 1. The molecule has 0 saturated heterocycles. The van der Waals surface area contributed by atoms with E-state index in [9.17, 15) is 0 Å². The molecule has 0 bridgehead atoms. The van der Waals surface area contributed by atoms with E-state index in [1.807, 2.05) is 18.2 Å². The molecule has 1 aromatic heterocycles. The van der Waals surface area contributed by atoms with E-state index in [0.29, 0.717) is 12.0 Å². The van der Waals surface area contributed by atoms with Crippen molar-refractivity contribution in [3.63, 3.8) is 0 Å². The summed E-state index contributed by atoms with van der Waals surface area (Å²) in [4.78, 5) is 4.61. The van der Waals surface area contributed by atoms with Crippen LogP contribution in [0.5, 0.6) is 5.75 Å². The van der Waals surface area contributed by atoms with Gasteiger partial charge in [0.15, 0.2) is 5.13 Å². The highest BCUT2D eigenvalue weighted by Crippen LogP contribution is 2.30. The number of ether oxygens (including phenoxy) is 1. The zero-order valence-corrected chi connectivity index (χ0v) is 12.2. The summed E-state index contributed by atoms with van der Waals surface area (Å²) in [7, 11) is 1.69. The third kappa shape index (κ3) is 2.75. The fourth-order valence-corrected chi connectivity index (χ4v) is 2.95. The monoisotopic (exact) mass is 264 g/mol. The lowest BCUT2D eigenvalue weighted by Gasteiger charge is -2.19. The lowest BCUT2D eigenvalue weighted by molar-refractivity contribution is 0.415. The summed E-state index contributed by atoms with van der Waals surface area (Å²) in [6.07, 6.45) is 1.11.